The predicted octanol–water partition coefficient (Wildman–Crippen LogP) is 2.52. The first-order chi connectivity index (χ1) is 10.8. The molecular weight excluding hydrogens is 311 g/mol. The number of aromatic nitrogens is 2. The van der Waals surface area contributed by atoms with Gasteiger partial charge in [-0.2, -0.15) is 13.2 Å². The zero-order valence-electron chi connectivity index (χ0n) is 11.9. The van der Waals surface area contributed by atoms with Crippen molar-refractivity contribution < 1.29 is 27.6 Å². The molecule has 0 fully saturated rings. The average Bonchev–Trinajstić information content (AvgIpc) is 2.66. The second-order valence-electron chi connectivity index (χ2n) is 4.76. The van der Waals surface area contributed by atoms with Gasteiger partial charge in [0, 0.05) is 23.4 Å². The summed E-state index contributed by atoms with van der Waals surface area (Å²) in [6.07, 6.45) is 2.65. The summed E-state index contributed by atoms with van der Waals surface area (Å²) < 4.78 is 39.6. The molecular formula is C15H13F3N3O2+. The number of carbonyl (C=O) groups is 1. The smallest absolute Gasteiger partial charge is 0.451 e. The Morgan fingerprint density at radius 1 is 1.39 bits per heavy atom. The van der Waals surface area contributed by atoms with Crippen LogP contribution in [-0.4, -0.2) is 38.4 Å². The summed E-state index contributed by atoms with van der Waals surface area (Å²) in [6, 6.07) is 1.37. The molecule has 120 valence electrons. The molecule has 0 aromatic carbocycles. The van der Waals surface area contributed by atoms with E-state index in [1.165, 1.54) is 6.07 Å². The quantitative estimate of drug-likeness (QED) is 0.864. The first-order valence-corrected chi connectivity index (χ1v) is 6.57. The van der Waals surface area contributed by atoms with E-state index in [0.717, 1.165) is 6.20 Å². The van der Waals surface area contributed by atoms with Crippen molar-refractivity contribution in [3.8, 4) is 0 Å². The molecule has 0 atom stereocenters. The Labute approximate surface area is 129 Å². The van der Waals surface area contributed by atoms with Crippen LogP contribution in [-0.2, 0) is 11.0 Å². The van der Waals surface area contributed by atoms with Gasteiger partial charge in [0.2, 0.25) is 5.82 Å². The monoisotopic (exact) mass is 324 g/mol. The first-order valence-electron chi connectivity index (χ1n) is 6.57. The Morgan fingerprint density at radius 3 is 2.78 bits per heavy atom. The van der Waals surface area contributed by atoms with Gasteiger partial charge in [0.05, 0.1) is 5.69 Å². The molecule has 8 heteroatoms. The number of rotatable bonds is 4. The second kappa shape index (κ2) is 6.55. The van der Waals surface area contributed by atoms with E-state index in [9.17, 15) is 18.0 Å². The fourth-order valence-corrected chi connectivity index (χ4v) is 1.90. The van der Waals surface area contributed by atoms with Crippen LogP contribution in [0.25, 0.3) is 5.57 Å². The zero-order chi connectivity index (χ0) is 17.0. The molecule has 1 aliphatic rings. The normalized spacial score (nSPS) is 15.0. The van der Waals surface area contributed by atoms with Gasteiger partial charge in [0.1, 0.15) is 6.42 Å². The molecule has 1 aromatic rings. The number of nitrogens with zero attached hydrogens (tertiary/aromatic N) is 3. The van der Waals surface area contributed by atoms with Crippen LogP contribution < -0.4 is 0 Å². The van der Waals surface area contributed by atoms with Crippen LogP contribution in [0.15, 0.2) is 42.8 Å². The SMILES string of the molecule is C=C1C=C(c2ccnc(C(F)(F)F)n2)C=C[N+](CCC(=O)O)=C1. The molecule has 0 aliphatic carbocycles. The minimum absolute atomic E-state index is 0.0742. The third kappa shape index (κ3) is 4.60. The van der Waals surface area contributed by atoms with E-state index in [4.69, 9.17) is 5.11 Å². The Bertz CT molecular complexity index is 734. The van der Waals surface area contributed by atoms with Crippen molar-refractivity contribution in [1.82, 2.24) is 9.97 Å². The van der Waals surface area contributed by atoms with Gasteiger partial charge in [-0.1, -0.05) is 6.58 Å². The second-order valence-corrected chi connectivity index (χ2v) is 4.76. The average molecular weight is 324 g/mol. The highest BCUT2D eigenvalue weighted by Crippen LogP contribution is 2.27. The Morgan fingerprint density at radius 2 is 2.13 bits per heavy atom. The van der Waals surface area contributed by atoms with Crippen LogP contribution >= 0.6 is 0 Å². The van der Waals surface area contributed by atoms with E-state index in [-0.39, 0.29) is 18.7 Å². The Hall–Kier alpha value is -2.77. The molecule has 0 spiro atoms. The third-order valence-electron chi connectivity index (χ3n) is 2.91. The van der Waals surface area contributed by atoms with Crippen molar-refractivity contribution in [1.29, 1.82) is 0 Å². The minimum Gasteiger partial charge on any atom is -0.481 e. The lowest BCUT2D eigenvalue weighted by atomic mass is 10.1. The van der Waals surface area contributed by atoms with Crippen LogP contribution in [0.4, 0.5) is 13.2 Å². The lowest BCUT2D eigenvalue weighted by molar-refractivity contribution is -0.450. The summed E-state index contributed by atoms with van der Waals surface area (Å²) in [7, 11) is 0. The zero-order valence-corrected chi connectivity index (χ0v) is 11.9. The van der Waals surface area contributed by atoms with Gasteiger partial charge in [0.15, 0.2) is 19.0 Å². The van der Waals surface area contributed by atoms with E-state index < -0.39 is 18.0 Å². The molecule has 0 bridgehead atoms. The van der Waals surface area contributed by atoms with Crippen LogP contribution in [0.5, 0.6) is 0 Å². The Balaban J connectivity index is 2.27. The fraction of sp³-hybridized carbons (Fsp3) is 0.200. The summed E-state index contributed by atoms with van der Waals surface area (Å²) in [6.45, 7) is 4.00. The van der Waals surface area contributed by atoms with Gasteiger partial charge in [-0.3, -0.25) is 4.79 Å². The number of carboxylic acid groups (broad SMARTS) is 1. The number of hydrogen-bond donors (Lipinski definition) is 1. The van der Waals surface area contributed by atoms with Crippen molar-refractivity contribution in [2.75, 3.05) is 6.54 Å². The molecule has 0 saturated heterocycles. The summed E-state index contributed by atoms with van der Waals surface area (Å²) >= 11 is 0. The van der Waals surface area contributed by atoms with Gasteiger partial charge < -0.3 is 5.11 Å². The van der Waals surface area contributed by atoms with Crippen molar-refractivity contribution >= 4 is 17.8 Å². The van der Waals surface area contributed by atoms with E-state index >= 15 is 0 Å². The van der Waals surface area contributed by atoms with E-state index in [2.05, 4.69) is 16.5 Å². The molecule has 23 heavy (non-hydrogen) atoms. The number of aliphatic carboxylic acids is 1. The highest BCUT2D eigenvalue weighted by Gasteiger charge is 2.34. The van der Waals surface area contributed by atoms with E-state index in [1.54, 1.807) is 29.1 Å². The molecule has 1 aliphatic heterocycles. The Kier molecular flexibility index (Phi) is 4.73. The molecule has 1 aromatic heterocycles. The summed E-state index contributed by atoms with van der Waals surface area (Å²) in [5, 5.41) is 8.69. The van der Waals surface area contributed by atoms with E-state index in [0.29, 0.717) is 11.1 Å². The highest BCUT2D eigenvalue weighted by molar-refractivity contribution is 5.86. The molecule has 0 amide bonds. The maximum atomic E-state index is 12.7. The van der Waals surface area contributed by atoms with Gasteiger partial charge in [-0.15, -0.1) is 0 Å². The molecule has 5 nitrogen and oxygen atoms in total. The number of carboxylic acids is 1. The van der Waals surface area contributed by atoms with Crippen molar-refractivity contribution in [2.45, 2.75) is 12.6 Å². The van der Waals surface area contributed by atoms with Crippen LogP contribution in [0.2, 0.25) is 0 Å². The van der Waals surface area contributed by atoms with Gasteiger partial charge in [0.25, 0.3) is 0 Å². The topological polar surface area (TPSA) is 66.1 Å². The number of allylic oxidation sites excluding steroid dienone is 4. The maximum Gasteiger partial charge on any atom is 0.451 e. The highest BCUT2D eigenvalue weighted by atomic mass is 19.4. The third-order valence-corrected chi connectivity index (χ3v) is 2.91. The lowest BCUT2D eigenvalue weighted by Gasteiger charge is -2.06. The predicted molar refractivity (Wildman–Crippen MR) is 76.7 cm³/mol. The lowest BCUT2D eigenvalue weighted by Crippen LogP contribution is -2.12. The summed E-state index contributed by atoms with van der Waals surface area (Å²) in [5.41, 5.74) is 1.05. The first kappa shape index (κ1) is 16.6. The molecule has 0 unspecified atom stereocenters. The largest absolute Gasteiger partial charge is 0.481 e. The van der Waals surface area contributed by atoms with E-state index in [1.807, 2.05) is 0 Å². The van der Waals surface area contributed by atoms with Crippen LogP contribution in [0.1, 0.15) is 17.9 Å². The maximum absolute atomic E-state index is 12.7. The minimum atomic E-state index is -4.62. The van der Waals surface area contributed by atoms with Gasteiger partial charge >= 0.3 is 12.1 Å². The van der Waals surface area contributed by atoms with Crippen LogP contribution in [0, 0.1) is 0 Å². The standard InChI is InChI=1S/C15H12F3N3O2/c1-10-8-11(3-6-21(9-10)7-4-13(22)23)12-2-5-19-14(20-12)15(16,17)18/h2-3,5-6,8-9H,1,4,7H2/p+1. The number of alkyl halides is 3. The summed E-state index contributed by atoms with van der Waals surface area (Å²) in [4.78, 5) is 17.3. The molecule has 2 heterocycles. The summed E-state index contributed by atoms with van der Waals surface area (Å²) in [5.74, 6) is -2.16. The molecule has 0 radical (unpaired) electrons. The van der Waals surface area contributed by atoms with Crippen molar-refractivity contribution in [3.05, 3.63) is 54.3 Å². The van der Waals surface area contributed by atoms with Crippen molar-refractivity contribution in [2.24, 2.45) is 0 Å². The van der Waals surface area contributed by atoms with Gasteiger partial charge in [-0.25, -0.2) is 14.5 Å². The molecule has 0 saturated carbocycles. The molecule has 1 N–H and O–H groups in total. The van der Waals surface area contributed by atoms with Gasteiger partial charge in [-0.05, 0) is 12.1 Å². The molecule has 2 rings (SSSR count). The van der Waals surface area contributed by atoms with Crippen LogP contribution in [0.3, 0.4) is 0 Å². The number of halogens is 3. The number of hydrogen-bond acceptors (Lipinski definition) is 3. The fourth-order valence-electron chi connectivity index (χ4n) is 1.90. The van der Waals surface area contributed by atoms with Crippen molar-refractivity contribution in [3.63, 3.8) is 0 Å².